The van der Waals surface area contributed by atoms with Gasteiger partial charge < -0.3 is 5.11 Å². The highest BCUT2D eigenvalue weighted by Gasteiger charge is 2.00. The van der Waals surface area contributed by atoms with Crippen molar-refractivity contribution in [1.29, 1.82) is 0 Å². The molecule has 0 aliphatic heterocycles. The molecule has 2 heteroatoms. The topological polar surface area (TPSA) is 20.2 Å². The zero-order chi connectivity index (χ0) is 10.4. The Bertz CT molecular complexity index is 284. The first kappa shape index (κ1) is 11.6. The minimum absolute atomic E-state index is 0.328. The third-order valence-electron chi connectivity index (χ3n) is 2.34. The standard InChI is InChI=1S/C12H17BrO/c1-2-3-4-5-6-10-7-8-11(14)9-12(10)13/h7-9,14H,2-6H2,1H3. The summed E-state index contributed by atoms with van der Waals surface area (Å²) in [5.74, 6) is 0.328. The molecule has 0 fully saturated rings. The van der Waals surface area contributed by atoms with Gasteiger partial charge in [0.2, 0.25) is 0 Å². The number of hydrogen-bond donors (Lipinski definition) is 1. The third kappa shape index (κ3) is 3.70. The summed E-state index contributed by atoms with van der Waals surface area (Å²) >= 11 is 3.46. The Kier molecular flexibility index (Phi) is 5.02. The van der Waals surface area contributed by atoms with Crippen LogP contribution in [0.2, 0.25) is 0 Å². The predicted octanol–water partition coefficient (Wildman–Crippen LogP) is 4.28. The first-order valence-electron chi connectivity index (χ1n) is 5.21. The molecule has 0 radical (unpaired) electrons. The van der Waals surface area contributed by atoms with E-state index in [1.807, 2.05) is 6.07 Å². The van der Waals surface area contributed by atoms with Crippen LogP contribution in [0.5, 0.6) is 5.75 Å². The number of rotatable bonds is 5. The molecule has 1 rings (SSSR count). The average Bonchev–Trinajstić information content (AvgIpc) is 2.15. The number of halogens is 1. The zero-order valence-electron chi connectivity index (χ0n) is 8.59. The van der Waals surface area contributed by atoms with E-state index < -0.39 is 0 Å². The van der Waals surface area contributed by atoms with Crippen molar-refractivity contribution in [3.05, 3.63) is 28.2 Å². The number of unbranched alkanes of at least 4 members (excludes halogenated alkanes) is 3. The number of aromatic hydroxyl groups is 1. The molecule has 0 aromatic heterocycles. The van der Waals surface area contributed by atoms with Crippen LogP contribution in [0.1, 0.15) is 38.2 Å². The van der Waals surface area contributed by atoms with Gasteiger partial charge in [0.05, 0.1) is 0 Å². The fourth-order valence-corrected chi connectivity index (χ4v) is 2.05. The maximum absolute atomic E-state index is 9.22. The van der Waals surface area contributed by atoms with Crippen LogP contribution < -0.4 is 0 Å². The van der Waals surface area contributed by atoms with Crippen molar-refractivity contribution in [2.45, 2.75) is 39.0 Å². The molecule has 1 aromatic carbocycles. The van der Waals surface area contributed by atoms with Crippen LogP contribution >= 0.6 is 15.9 Å². The van der Waals surface area contributed by atoms with E-state index in [1.54, 1.807) is 12.1 Å². The molecule has 0 aliphatic carbocycles. The van der Waals surface area contributed by atoms with Crippen LogP contribution in [-0.2, 0) is 6.42 Å². The molecule has 0 heterocycles. The number of hydrogen-bond acceptors (Lipinski definition) is 1. The lowest BCUT2D eigenvalue weighted by Crippen LogP contribution is -1.87. The highest BCUT2D eigenvalue weighted by molar-refractivity contribution is 9.10. The van der Waals surface area contributed by atoms with E-state index >= 15 is 0 Å². The number of benzene rings is 1. The zero-order valence-corrected chi connectivity index (χ0v) is 10.2. The van der Waals surface area contributed by atoms with Gasteiger partial charge in [-0.3, -0.25) is 0 Å². The second kappa shape index (κ2) is 6.07. The summed E-state index contributed by atoms with van der Waals surface area (Å²) in [6.07, 6.45) is 6.22. The van der Waals surface area contributed by atoms with E-state index in [9.17, 15) is 5.11 Å². The van der Waals surface area contributed by atoms with Crippen LogP contribution in [-0.4, -0.2) is 5.11 Å². The molecule has 1 aromatic rings. The Morgan fingerprint density at radius 1 is 1.21 bits per heavy atom. The second-order valence-corrected chi connectivity index (χ2v) is 4.44. The summed E-state index contributed by atoms with van der Waals surface area (Å²) < 4.78 is 1.02. The fourth-order valence-electron chi connectivity index (χ4n) is 1.48. The van der Waals surface area contributed by atoms with E-state index in [2.05, 4.69) is 22.9 Å². The van der Waals surface area contributed by atoms with E-state index in [0.717, 1.165) is 10.9 Å². The molecule has 0 saturated heterocycles. The lowest BCUT2D eigenvalue weighted by atomic mass is 10.1. The van der Waals surface area contributed by atoms with Crippen LogP contribution in [0.3, 0.4) is 0 Å². The molecular formula is C12H17BrO. The molecule has 0 unspecified atom stereocenters. The minimum Gasteiger partial charge on any atom is -0.508 e. The Morgan fingerprint density at radius 2 is 2.00 bits per heavy atom. The van der Waals surface area contributed by atoms with E-state index in [-0.39, 0.29) is 0 Å². The van der Waals surface area contributed by atoms with Gasteiger partial charge in [0.25, 0.3) is 0 Å². The smallest absolute Gasteiger partial charge is 0.116 e. The monoisotopic (exact) mass is 256 g/mol. The molecule has 1 nitrogen and oxygen atoms in total. The summed E-state index contributed by atoms with van der Waals surface area (Å²) in [5, 5.41) is 9.22. The molecule has 0 bridgehead atoms. The fraction of sp³-hybridized carbons (Fsp3) is 0.500. The Labute approximate surface area is 94.3 Å². The largest absolute Gasteiger partial charge is 0.508 e. The Morgan fingerprint density at radius 3 is 2.64 bits per heavy atom. The van der Waals surface area contributed by atoms with Gasteiger partial charge in [-0.15, -0.1) is 0 Å². The lowest BCUT2D eigenvalue weighted by Gasteiger charge is -2.04. The summed E-state index contributed by atoms with van der Waals surface area (Å²) in [6, 6.07) is 5.50. The predicted molar refractivity (Wildman–Crippen MR) is 63.7 cm³/mol. The molecule has 78 valence electrons. The summed E-state index contributed by atoms with van der Waals surface area (Å²) in [7, 11) is 0. The maximum Gasteiger partial charge on any atom is 0.116 e. The van der Waals surface area contributed by atoms with Crippen molar-refractivity contribution in [2.75, 3.05) is 0 Å². The van der Waals surface area contributed by atoms with Gasteiger partial charge in [-0.05, 0) is 30.5 Å². The highest BCUT2D eigenvalue weighted by atomic mass is 79.9. The first-order chi connectivity index (χ1) is 6.74. The van der Waals surface area contributed by atoms with E-state index in [1.165, 1.54) is 31.2 Å². The van der Waals surface area contributed by atoms with E-state index in [0.29, 0.717) is 5.75 Å². The number of phenols is 1. The maximum atomic E-state index is 9.22. The van der Waals surface area contributed by atoms with Crippen molar-refractivity contribution in [2.24, 2.45) is 0 Å². The van der Waals surface area contributed by atoms with Crippen LogP contribution in [0.15, 0.2) is 22.7 Å². The quantitative estimate of drug-likeness (QED) is 0.780. The number of aryl methyl sites for hydroxylation is 1. The summed E-state index contributed by atoms with van der Waals surface area (Å²) in [4.78, 5) is 0. The van der Waals surface area contributed by atoms with Crippen molar-refractivity contribution >= 4 is 15.9 Å². The molecule has 0 saturated carbocycles. The summed E-state index contributed by atoms with van der Waals surface area (Å²) in [5.41, 5.74) is 1.29. The molecule has 0 amide bonds. The second-order valence-electron chi connectivity index (χ2n) is 3.59. The molecular weight excluding hydrogens is 240 g/mol. The van der Waals surface area contributed by atoms with Gasteiger partial charge in [0, 0.05) is 4.47 Å². The first-order valence-corrected chi connectivity index (χ1v) is 6.00. The van der Waals surface area contributed by atoms with Gasteiger partial charge in [-0.1, -0.05) is 48.2 Å². The van der Waals surface area contributed by atoms with Crippen LogP contribution in [0, 0.1) is 0 Å². The van der Waals surface area contributed by atoms with Gasteiger partial charge in [0.1, 0.15) is 5.75 Å². The number of phenolic OH excluding ortho intramolecular Hbond substituents is 1. The van der Waals surface area contributed by atoms with Crippen molar-refractivity contribution < 1.29 is 5.11 Å². The Hall–Kier alpha value is -0.500. The van der Waals surface area contributed by atoms with Crippen molar-refractivity contribution in [1.82, 2.24) is 0 Å². The van der Waals surface area contributed by atoms with Crippen LogP contribution in [0.25, 0.3) is 0 Å². The van der Waals surface area contributed by atoms with Gasteiger partial charge in [0.15, 0.2) is 0 Å². The molecule has 14 heavy (non-hydrogen) atoms. The molecule has 0 spiro atoms. The summed E-state index contributed by atoms with van der Waals surface area (Å²) in [6.45, 7) is 2.22. The molecule has 1 N–H and O–H groups in total. The van der Waals surface area contributed by atoms with Gasteiger partial charge in [-0.25, -0.2) is 0 Å². The van der Waals surface area contributed by atoms with Crippen molar-refractivity contribution in [3.8, 4) is 5.75 Å². The normalized spacial score (nSPS) is 10.4. The average molecular weight is 257 g/mol. The minimum atomic E-state index is 0.328. The van der Waals surface area contributed by atoms with E-state index in [4.69, 9.17) is 0 Å². The highest BCUT2D eigenvalue weighted by Crippen LogP contribution is 2.23. The SMILES string of the molecule is CCCCCCc1ccc(O)cc1Br. The third-order valence-corrected chi connectivity index (χ3v) is 3.07. The Balaban J connectivity index is 2.42. The van der Waals surface area contributed by atoms with Crippen LogP contribution in [0.4, 0.5) is 0 Å². The molecule has 0 aliphatic rings. The molecule has 0 atom stereocenters. The van der Waals surface area contributed by atoms with Gasteiger partial charge in [-0.2, -0.15) is 0 Å². The lowest BCUT2D eigenvalue weighted by molar-refractivity contribution is 0.474. The van der Waals surface area contributed by atoms with Gasteiger partial charge >= 0.3 is 0 Å². The van der Waals surface area contributed by atoms with Crippen molar-refractivity contribution in [3.63, 3.8) is 0 Å².